The number of H-pyrrole nitrogens is 1. The molecule has 2 aliphatic rings. The van der Waals surface area contributed by atoms with Crippen LogP contribution in [0.15, 0.2) is 48.5 Å². The van der Waals surface area contributed by atoms with Crippen molar-refractivity contribution >= 4 is 35.1 Å². The van der Waals surface area contributed by atoms with Crippen molar-refractivity contribution in [2.45, 2.75) is 46.1 Å². The lowest BCUT2D eigenvalue weighted by atomic mass is 10.0. The lowest BCUT2D eigenvalue weighted by molar-refractivity contribution is -0.110. The molecule has 1 fully saturated rings. The maximum atomic E-state index is 13.1. The number of carbonyl (C=O) groups is 3. The quantitative estimate of drug-likeness (QED) is 0.292. The summed E-state index contributed by atoms with van der Waals surface area (Å²) >= 11 is 0. The molecule has 0 saturated carbocycles. The molecule has 8 heteroatoms. The number of nitrogens with zero attached hydrogens (tertiary/aromatic N) is 1. The zero-order chi connectivity index (χ0) is 28.2. The average Bonchev–Trinajstić information content (AvgIpc) is 3.65. The minimum atomic E-state index is -0.244. The summed E-state index contributed by atoms with van der Waals surface area (Å²) in [7, 11) is 0. The summed E-state index contributed by atoms with van der Waals surface area (Å²) in [5, 5.41) is 9.04. The Morgan fingerprint density at radius 1 is 1.05 bits per heavy atom. The molecule has 2 aromatic carbocycles. The van der Waals surface area contributed by atoms with Gasteiger partial charge in [0.2, 0.25) is 0 Å². The molecule has 1 aromatic heterocycles. The van der Waals surface area contributed by atoms with E-state index in [-0.39, 0.29) is 23.8 Å². The summed E-state index contributed by atoms with van der Waals surface area (Å²) in [5.74, 6) is -0.545. The van der Waals surface area contributed by atoms with Gasteiger partial charge in [-0.3, -0.25) is 14.4 Å². The molecule has 0 bridgehead atoms. The first-order valence-corrected chi connectivity index (χ1v) is 14.1. The maximum absolute atomic E-state index is 13.1. The predicted octanol–water partition coefficient (Wildman–Crippen LogP) is 4.83. The van der Waals surface area contributed by atoms with Crippen LogP contribution in [0.4, 0.5) is 5.69 Å². The summed E-state index contributed by atoms with van der Waals surface area (Å²) in [6.45, 7) is 9.45. The number of carbonyl (C=O) groups excluding carboxylic acids is 3. The molecule has 0 unspecified atom stereocenters. The summed E-state index contributed by atoms with van der Waals surface area (Å²) in [6, 6.07) is 15.0. The molecule has 0 spiro atoms. The lowest BCUT2D eigenvalue weighted by Gasteiger charge is -2.17. The monoisotopic (exact) mass is 539 g/mol. The number of aromatic nitrogens is 1. The zero-order valence-electron chi connectivity index (χ0n) is 23.4. The highest BCUT2D eigenvalue weighted by Crippen LogP contribution is 2.35. The van der Waals surface area contributed by atoms with E-state index in [4.69, 9.17) is 0 Å². The van der Waals surface area contributed by atoms with Gasteiger partial charge in [-0.05, 0) is 75.5 Å². The van der Waals surface area contributed by atoms with Crippen molar-refractivity contribution in [3.8, 4) is 0 Å². The van der Waals surface area contributed by atoms with E-state index >= 15 is 0 Å². The number of fused-ring (bicyclic) bond motifs is 1. The Hall–Kier alpha value is -4.17. The van der Waals surface area contributed by atoms with Gasteiger partial charge in [0, 0.05) is 41.3 Å². The highest BCUT2D eigenvalue weighted by Gasteiger charge is 2.27. The number of amides is 3. The number of benzene rings is 2. The molecule has 1 saturated heterocycles. The van der Waals surface area contributed by atoms with Gasteiger partial charge in [-0.2, -0.15) is 0 Å². The Kier molecular flexibility index (Phi) is 8.16. The van der Waals surface area contributed by atoms with Crippen molar-refractivity contribution in [1.82, 2.24) is 20.5 Å². The molecular formula is C32H37N5O3. The first-order chi connectivity index (χ1) is 19.4. The van der Waals surface area contributed by atoms with E-state index < -0.39 is 0 Å². The second-order valence-corrected chi connectivity index (χ2v) is 10.6. The van der Waals surface area contributed by atoms with Crippen LogP contribution in [-0.2, 0) is 4.79 Å². The highest BCUT2D eigenvalue weighted by atomic mass is 16.2. The van der Waals surface area contributed by atoms with Crippen molar-refractivity contribution in [1.29, 1.82) is 0 Å². The van der Waals surface area contributed by atoms with Crippen LogP contribution in [0, 0.1) is 13.8 Å². The Bertz CT molecular complexity index is 1450. The van der Waals surface area contributed by atoms with E-state index in [1.165, 1.54) is 12.8 Å². The van der Waals surface area contributed by atoms with Gasteiger partial charge >= 0.3 is 0 Å². The van der Waals surface area contributed by atoms with Gasteiger partial charge < -0.3 is 25.8 Å². The van der Waals surface area contributed by atoms with Crippen LogP contribution in [0.5, 0.6) is 0 Å². The second-order valence-electron chi connectivity index (χ2n) is 10.6. The summed E-state index contributed by atoms with van der Waals surface area (Å²) < 4.78 is 0. The molecule has 0 radical (unpaired) electrons. The molecule has 8 nitrogen and oxygen atoms in total. The average molecular weight is 540 g/mol. The van der Waals surface area contributed by atoms with Crippen molar-refractivity contribution in [2.75, 3.05) is 31.5 Å². The molecular weight excluding hydrogens is 502 g/mol. The van der Waals surface area contributed by atoms with Crippen LogP contribution in [0.1, 0.15) is 81.0 Å². The Morgan fingerprint density at radius 3 is 2.52 bits per heavy atom. The zero-order valence-corrected chi connectivity index (χ0v) is 23.4. The molecule has 3 aromatic rings. The van der Waals surface area contributed by atoms with E-state index in [1.807, 2.05) is 51.1 Å². The predicted molar refractivity (Wildman–Crippen MR) is 158 cm³/mol. The van der Waals surface area contributed by atoms with Gasteiger partial charge in [-0.25, -0.2) is 0 Å². The van der Waals surface area contributed by atoms with Crippen molar-refractivity contribution in [2.24, 2.45) is 0 Å². The fraction of sp³-hybridized carbons (Fsp3) is 0.344. The Balaban J connectivity index is 1.31. The van der Waals surface area contributed by atoms with Gasteiger partial charge in [0.1, 0.15) is 0 Å². The molecule has 1 atom stereocenters. The summed E-state index contributed by atoms with van der Waals surface area (Å²) in [4.78, 5) is 44.6. The molecule has 0 aliphatic carbocycles. The first-order valence-electron chi connectivity index (χ1n) is 14.1. The number of aryl methyl sites for hydroxylation is 1. The fourth-order valence-corrected chi connectivity index (χ4v) is 5.65. The maximum Gasteiger partial charge on any atom is 0.256 e. The SMILES string of the molecule is CC[C@@H](NC(=O)c1ccc2c(c1)NC(=O)C2=Cc1[nH]c(C)c(C(=O)NCCN2CCCC2)c1C)c1ccccc1. The number of rotatable bonds is 9. The number of nitrogens with one attached hydrogen (secondary N) is 4. The van der Waals surface area contributed by atoms with Gasteiger partial charge in [-0.1, -0.05) is 43.3 Å². The van der Waals surface area contributed by atoms with Crippen molar-refractivity contribution < 1.29 is 14.4 Å². The normalized spacial score (nSPS) is 16.6. The van der Waals surface area contributed by atoms with Gasteiger partial charge in [0.05, 0.1) is 17.2 Å². The summed E-state index contributed by atoms with van der Waals surface area (Å²) in [5.41, 5.74) is 6.23. The molecule has 3 heterocycles. The third kappa shape index (κ3) is 5.72. The van der Waals surface area contributed by atoms with Crippen molar-refractivity contribution in [3.05, 3.63) is 87.7 Å². The molecule has 40 heavy (non-hydrogen) atoms. The van der Waals surface area contributed by atoms with Crippen molar-refractivity contribution in [3.63, 3.8) is 0 Å². The highest BCUT2D eigenvalue weighted by molar-refractivity contribution is 6.35. The Morgan fingerprint density at radius 2 is 1.80 bits per heavy atom. The molecule has 4 N–H and O–H groups in total. The third-order valence-electron chi connectivity index (χ3n) is 7.88. The number of hydrogen-bond acceptors (Lipinski definition) is 4. The van der Waals surface area contributed by atoms with Gasteiger partial charge in [0.25, 0.3) is 17.7 Å². The number of aromatic amines is 1. The van der Waals surface area contributed by atoms with Crippen LogP contribution in [0.25, 0.3) is 11.6 Å². The van der Waals surface area contributed by atoms with Gasteiger partial charge in [0.15, 0.2) is 0 Å². The van der Waals surface area contributed by atoms with Crippen LogP contribution in [-0.4, -0.2) is 53.8 Å². The number of anilines is 1. The Labute approximate surface area is 235 Å². The van der Waals surface area contributed by atoms with Gasteiger partial charge in [-0.15, -0.1) is 0 Å². The molecule has 2 aliphatic heterocycles. The fourth-order valence-electron chi connectivity index (χ4n) is 5.65. The first kappa shape index (κ1) is 27.4. The topological polar surface area (TPSA) is 106 Å². The largest absolute Gasteiger partial charge is 0.358 e. The minimum Gasteiger partial charge on any atom is -0.358 e. The molecule has 208 valence electrons. The minimum absolute atomic E-state index is 0.0993. The van der Waals surface area contributed by atoms with Crippen LogP contribution in [0.2, 0.25) is 0 Å². The van der Waals surface area contributed by atoms with E-state index in [1.54, 1.807) is 24.3 Å². The van der Waals surface area contributed by atoms with E-state index in [0.29, 0.717) is 28.9 Å². The van der Waals surface area contributed by atoms with Crippen LogP contribution >= 0.6 is 0 Å². The number of likely N-dealkylation sites (tertiary alicyclic amines) is 1. The second kappa shape index (κ2) is 11.9. The van der Waals surface area contributed by atoms with Crippen LogP contribution in [0.3, 0.4) is 0 Å². The number of hydrogen-bond donors (Lipinski definition) is 4. The van der Waals surface area contributed by atoms with E-state index in [2.05, 4.69) is 25.8 Å². The third-order valence-corrected chi connectivity index (χ3v) is 7.88. The summed E-state index contributed by atoms with van der Waals surface area (Å²) in [6.07, 6.45) is 4.99. The van der Waals surface area contributed by atoms with E-state index in [0.717, 1.165) is 54.1 Å². The van der Waals surface area contributed by atoms with E-state index in [9.17, 15) is 14.4 Å². The molecule has 3 amide bonds. The smallest absolute Gasteiger partial charge is 0.256 e. The standard InChI is InChI=1S/C32H37N5O3/c1-4-26(22-10-6-5-7-11-22)35-30(38)23-12-13-24-25(31(39)36-28(24)18-23)19-27-20(2)29(21(3)34-27)32(40)33-14-17-37-15-8-9-16-37/h5-7,10-13,18-19,26,34H,4,8-9,14-17H2,1-3H3,(H,33,40)(H,35,38)(H,36,39)/t26-/m1/s1. The lowest BCUT2D eigenvalue weighted by Crippen LogP contribution is -2.33. The van der Waals surface area contributed by atoms with Crippen LogP contribution < -0.4 is 16.0 Å². The molecule has 5 rings (SSSR count).